The number of fused-ring (bicyclic) bond motifs is 7. The molecule has 1 aromatic carbocycles. The maximum absolute atomic E-state index is 11.9. The van der Waals surface area contributed by atoms with Crippen LogP contribution in [0.2, 0.25) is 0 Å². The zero-order chi connectivity index (χ0) is 9.99. The van der Waals surface area contributed by atoms with Gasteiger partial charge in [0, 0.05) is 17.8 Å². The van der Waals surface area contributed by atoms with Gasteiger partial charge in [-0.25, -0.2) is 0 Å². The smallest absolute Gasteiger partial charge is 0.147 e. The Morgan fingerprint density at radius 2 is 1.87 bits per heavy atom. The molecule has 0 N–H and O–H groups in total. The van der Waals surface area contributed by atoms with Crippen LogP contribution in [0.25, 0.3) is 0 Å². The topological polar surface area (TPSA) is 17.1 Å². The predicted octanol–water partition coefficient (Wildman–Crippen LogP) is 2.33. The van der Waals surface area contributed by atoms with E-state index in [4.69, 9.17) is 0 Å². The van der Waals surface area contributed by atoms with Crippen molar-refractivity contribution in [1.82, 2.24) is 0 Å². The van der Waals surface area contributed by atoms with Crippen LogP contribution in [0.5, 0.6) is 0 Å². The van der Waals surface area contributed by atoms with Crippen molar-refractivity contribution < 1.29 is 4.79 Å². The van der Waals surface area contributed by atoms with Gasteiger partial charge in [0.05, 0.1) is 0 Å². The van der Waals surface area contributed by atoms with E-state index in [-0.39, 0.29) is 11.8 Å². The van der Waals surface area contributed by atoms with Crippen molar-refractivity contribution in [2.75, 3.05) is 0 Å². The van der Waals surface area contributed by atoms with Crippen LogP contribution < -0.4 is 0 Å². The van der Waals surface area contributed by atoms with Crippen LogP contribution in [0.4, 0.5) is 0 Å². The Morgan fingerprint density at radius 1 is 1.07 bits per heavy atom. The molecule has 0 aromatic heterocycles. The molecule has 15 heavy (non-hydrogen) atoms. The summed E-state index contributed by atoms with van der Waals surface area (Å²) in [5.41, 5.74) is 2.91. The van der Waals surface area contributed by atoms with Crippen LogP contribution in [0, 0.1) is 17.8 Å². The minimum atomic E-state index is 0.198. The third-order valence-electron chi connectivity index (χ3n) is 4.36. The first kappa shape index (κ1) is 7.86. The molecule has 1 nitrogen and oxygen atoms in total. The number of allylic oxidation sites excluding steroid dienone is 2. The fourth-order valence-corrected chi connectivity index (χ4v) is 3.77. The van der Waals surface area contributed by atoms with E-state index < -0.39 is 0 Å². The lowest BCUT2D eigenvalue weighted by Gasteiger charge is -2.18. The lowest BCUT2D eigenvalue weighted by atomic mass is 9.84. The first-order valence-electron chi connectivity index (χ1n) is 5.66. The zero-order valence-electron chi connectivity index (χ0n) is 8.39. The van der Waals surface area contributed by atoms with E-state index in [1.165, 1.54) is 11.1 Å². The summed E-state index contributed by atoms with van der Waals surface area (Å²) in [7, 11) is 0. The van der Waals surface area contributed by atoms with Gasteiger partial charge in [-0.1, -0.05) is 36.4 Å². The molecule has 0 saturated heterocycles. The van der Waals surface area contributed by atoms with Gasteiger partial charge in [0.2, 0.25) is 0 Å². The Bertz CT molecular complexity index is 486. The number of rotatable bonds is 0. The number of carbonyl (C=O) groups excluding carboxylic acids is 1. The molecule has 0 spiro atoms. The molecule has 1 saturated carbocycles. The summed E-state index contributed by atoms with van der Waals surface area (Å²) < 4.78 is 0. The highest BCUT2D eigenvalue weighted by molar-refractivity contribution is 5.94. The largest absolute Gasteiger partial charge is 0.298 e. The maximum atomic E-state index is 11.9. The van der Waals surface area contributed by atoms with Crippen molar-refractivity contribution in [3.8, 4) is 0 Å². The molecule has 0 heterocycles. The van der Waals surface area contributed by atoms with Gasteiger partial charge in [0.15, 0.2) is 0 Å². The van der Waals surface area contributed by atoms with Crippen molar-refractivity contribution in [2.45, 2.75) is 12.3 Å². The predicted molar refractivity (Wildman–Crippen MR) is 57.5 cm³/mol. The average Bonchev–Trinajstić information content (AvgIpc) is 2.87. The Labute approximate surface area is 88.8 Å². The molecule has 74 valence electrons. The first-order valence-corrected chi connectivity index (χ1v) is 5.66. The van der Waals surface area contributed by atoms with Crippen molar-refractivity contribution in [1.29, 1.82) is 0 Å². The van der Waals surface area contributed by atoms with Gasteiger partial charge in [-0.3, -0.25) is 4.79 Å². The van der Waals surface area contributed by atoms with Gasteiger partial charge >= 0.3 is 0 Å². The van der Waals surface area contributed by atoms with E-state index in [0.29, 0.717) is 17.6 Å². The highest BCUT2D eigenvalue weighted by Gasteiger charge is 2.54. The summed E-state index contributed by atoms with van der Waals surface area (Å²) in [6.07, 6.45) is 5.38. The normalized spacial score (nSPS) is 39.6. The summed E-state index contributed by atoms with van der Waals surface area (Å²) in [5, 5.41) is 0. The SMILES string of the molecule is O=C1C2C=CC1C1c3ccccc3CC21. The average molecular weight is 196 g/mol. The number of hydrogen-bond donors (Lipinski definition) is 0. The number of ketones is 1. The Balaban J connectivity index is 1.91. The first-order chi connectivity index (χ1) is 7.36. The molecule has 1 fully saturated rings. The second kappa shape index (κ2) is 2.41. The summed E-state index contributed by atoms with van der Waals surface area (Å²) in [6, 6.07) is 8.64. The van der Waals surface area contributed by atoms with E-state index in [2.05, 4.69) is 36.4 Å². The summed E-state index contributed by atoms with van der Waals surface area (Å²) in [6.45, 7) is 0. The molecule has 0 aliphatic heterocycles. The Hall–Kier alpha value is -1.37. The molecule has 1 heteroatoms. The molecule has 4 unspecified atom stereocenters. The summed E-state index contributed by atoms with van der Waals surface area (Å²) in [4.78, 5) is 11.9. The molecule has 1 aromatic rings. The highest BCUT2D eigenvalue weighted by atomic mass is 16.1. The van der Waals surface area contributed by atoms with Gasteiger partial charge in [-0.05, 0) is 23.5 Å². The Kier molecular flexibility index (Phi) is 1.26. The van der Waals surface area contributed by atoms with Crippen LogP contribution in [0.15, 0.2) is 36.4 Å². The van der Waals surface area contributed by atoms with Gasteiger partial charge < -0.3 is 0 Å². The van der Waals surface area contributed by atoms with Crippen molar-refractivity contribution in [2.24, 2.45) is 17.8 Å². The number of hydrogen-bond acceptors (Lipinski definition) is 1. The van der Waals surface area contributed by atoms with Crippen molar-refractivity contribution in [3.05, 3.63) is 47.5 Å². The minimum Gasteiger partial charge on any atom is -0.298 e. The number of benzene rings is 1. The molecule has 4 atom stereocenters. The molecular weight excluding hydrogens is 184 g/mol. The van der Waals surface area contributed by atoms with E-state index in [0.717, 1.165) is 6.42 Å². The molecular formula is C14H12O. The van der Waals surface area contributed by atoms with Gasteiger partial charge in [0.25, 0.3) is 0 Å². The maximum Gasteiger partial charge on any atom is 0.147 e. The third-order valence-corrected chi connectivity index (χ3v) is 4.36. The van der Waals surface area contributed by atoms with Crippen LogP contribution in [0.1, 0.15) is 17.0 Å². The van der Waals surface area contributed by atoms with Crippen LogP contribution in [-0.2, 0) is 11.2 Å². The fourth-order valence-electron chi connectivity index (χ4n) is 3.77. The van der Waals surface area contributed by atoms with Crippen molar-refractivity contribution >= 4 is 5.78 Å². The lowest BCUT2D eigenvalue weighted by Crippen LogP contribution is -2.12. The van der Waals surface area contributed by atoms with Crippen LogP contribution >= 0.6 is 0 Å². The molecule has 2 bridgehead atoms. The monoisotopic (exact) mass is 196 g/mol. The Morgan fingerprint density at radius 3 is 2.80 bits per heavy atom. The number of Topliss-reactive ketones (excluding diaryl/α,β-unsaturated/α-hetero) is 1. The van der Waals surface area contributed by atoms with Crippen molar-refractivity contribution in [3.63, 3.8) is 0 Å². The number of carbonyl (C=O) groups is 1. The quantitative estimate of drug-likeness (QED) is 0.582. The molecule has 4 rings (SSSR count). The van der Waals surface area contributed by atoms with Crippen LogP contribution in [0.3, 0.4) is 0 Å². The summed E-state index contributed by atoms with van der Waals surface area (Å²) in [5.74, 6) is 1.98. The van der Waals surface area contributed by atoms with E-state index in [9.17, 15) is 4.79 Å². The van der Waals surface area contributed by atoms with Gasteiger partial charge in [-0.2, -0.15) is 0 Å². The molecule has 0 amide bonds. The second-order valence-corrected chi connectivity index (χ2v) is 4.93. The van der Waals surface area contributed by atoms with E-state index in [1.54, 1.807) is 0 Å². The molecule has 3 aliphatic carbocycles. The lowest BCUT2D eigenvalue weighted by molar-refractivity contribution is -0.121. The zero-order valence-corrected chi connectivity index (χ0v) is 8.39. The molecule has 3 aliphatic rings. The minimum absolute atomic E-state index is 0.198. The highest BCUT2D eigenvalue weighted by Crippen LogP contribution is 2.56. The van der Waals surface area contributed by atoms with E-state index >= 15 is 0 Å². The standard InChI is InChI=1S/C14H12O/c15-14-10-5-6-11(14)13-9-4-2-1-3-8(9)7-12(10)13/h1-6,10-13H,7H2. The third kappa shape index (κ3) is 0.785. The molecule has 0 radical (unpaired) electrons. The van der Waals surface area contributed by atoms with Gasteiger partial charge in [-0.15, -0.1) is 0 Å². The second-order valence-electron chi connectivity index (χ2n) is 4.93. The van der Waals surface area contributed by atoms with Crippen LogP contribution in [-0.4, -0.2) is 5.78 Å². The van der Waals surface area contributed by atoms with E-state index in [1.807, 2.05) is 0 Å². The summed E-state index contributed by atoms with van der Waals surface area (Å²) >= 11 is 0. The fraction of sp³-hybridized carbons (Fsp3) is 0.357. The van der Waals surface area contributed by atoms with Gasteiger partial charge in [0.1, 0.15) is 5.78 Å².